The molecule has 1 aliphatic heterocycles. The highest BCUT2D eigenvalue weighted by atomic mass is 16.5. The molecule has 1 amide bonds. The fraction of sp³-hybridized carbons (Fsp3) is 0.278. The SMILES string of the molecule is O=C1[C@@H](C(O)c2ccccc2)OCCN1Cc1ccccc1. The van der Waals surface area contributed by atoms with E-state index in [9.17, 15) is 9.90 Å². The number of hydrogen-bond acceptors (Lipinski definition) is 3. The van der Waals surface area contributed by atoms with Crippen molar-refractivity contribution >= 4 is 5.91 Å². The van der Waals surface area contributed by atoms with Crippen LogP contribution in [-0.4, -0.2) is 35.2 Å². The molecule has 4 nitrogen and oxygen atoms in total. The van der Waals surface area contributed by atoms with Crippen LogP contribution in [-0.2, 0) is 16.1 Å². The van der Waals surface area contributed by atoms with Crippen molar-refractivity contribution in [3.05, 3.63) is 71.8 Å². The first-order valence-electron chi connectivity index (χ1n) is 7.43. The van der Waals surface area contributed by atoms with Gasteiger partial charge in [-0.15, -0.1) is 0 Å². The van der Waals surface area contributed by atoms with Gasteiger partial charge in [0.1, 0.15) is 6.10 Å². The summed E-state index contributed by atoms with van der Waals surface area (Å²) in [6.45, 7) is 1.53. The number of carbonyl (C=O) groups is 1. The molecule has 3 rings (SSSR count). The van der Waals surface area contributed by atoms with E-state index in [4.69, 9.17) is 4.74 Å². The number of benzene rings is 2. The molecule has 1 saturated heterocycles. The Morgan fingerprint density at radius 1 is 1.09 bits per heavy atom. The summed E-state index contributed by atoms with van der Waals surface area (Å²) in [5.41, 5.74) is 1.77. The van der Waals surface area contributed by atoms with E-state index >= 15 is 0 Å². The highest BCUT2D eigenvalue weighted by Crippen LogP contribution is 2.24. The summed E-state index contributed by atoms with van der Waals surface area (Å²) in [7, 11) is 0. The largest absolute Gasteiger partial charge is 0.385 e. The average Bonchev–Trinajstić information content (AvgIpc) is 2.58. The Hall–Kier alpha value is -2.17. The molecule has 0 spiro atoms. The Morgan fingerprint density at radius 2 is 1.73 bits per heavy atom. The van der Waals surface area contributed by atoms with Gasteiger partial charge in [0.2, 0.25) is 0 Å². The summed E-state index contributed by atoms with van der Waals surface area (Å²) in [5, 5.41) is 10.4. The standard InChI is InChI=1S/C18H19NO3/c20-16(15-9-5-2-6-10-15)17-18(21)19(11-12-22-17)13-14-7-3-1-4-8-14/h1-10,16-17,20H,11-13H2/t16?,17-/m1/s1. The minimum absolute atomic E-state index is 0.161. The molecule has 22 heavy (non-hydrogen) atoms. The number of aliphatic hydroxyl groups is 1. The highest BCUT2D eigenvalue weighted by molar-refractivity contribution is 5.82. The van der Waals surface area contributed by atoms with Crippen molar-refractivity contribution in [2.75, 3.05) is 13.2 Å². The van der Waals surface area contributed by atoms with E-state index in [1.165, 1.54) is 0 Å². The maximum Gasteiger partial charge on any atom is 0.255 e. The van der Waals surface area contributed by atoms with Crippen LogP contribution >= 0.6 is 0 Å². The van der Waals surface area contributed by atoms with Crippen LogP contribution in [0.25, 0.3) is 0 Å². The van der Waals surface area contributed by atoms with E-state index in [0.717, 1.165) is 5.56 Å². The number of nitrogens with zero attached hydrogens (tertiary/aromatic N) is 1. The van der Waals surface area contributed by atoms with Crippen LogP contribution in [0.5, 0.6) is 0 Å². The van der Waals surface area contributed by atoms with Gasteiger partial charge in [0.15, 0.2) is 6.10 Å². The van der Waals surface area contributed by atoms with Crippen molar-refractivity contribution in [3.63, 3.8) is 0 Å². The van der Waals surface area contributed by atoms with Crippen molar-refractivity contribution in [1.82, 2.24) is 4.90 Å². The number of morpholine rings is 1. The van der Waals surface area contributed by atoms with Gasteiger partial charge in [-0.25, -0.2) is 0 Å². The molecule has 1 unspecified atom stereocenters. The molecule has 0 bridgehead atoms. The molecular weight excluding hydrogens is 278 g/mol. The van der Waals surface area contributed by atoms with Crippen molar-refractivity contribution < 1.29 is 14.6 Å². The summed E-state index contributed by atoms with van der Waals surface area (Å²) in [6.07, 6.45) is -1.77. The second-order valence-electron chi connectivity index (χ2n) is 5.39. The third-order valence-corrected chi connectivity index (χ3v) is 3.86. The lowest BCUT2D eigenvalue weighted by Gasteiger charge is -2.34. The highest BCUT2D eigenvalue weighted by Gasteiger charge is 2.35. The van der Waals surface area contributed by atoms with Crippen molar-refractivity contribution in [2.24, 2.45) is 0 Å². The Bertz CT molecular complexity index is 615. The molecule has 1 fully saturated rings. The topological polar surface area (TPSA) is 49.8 Å². The van der Waals surface area contributed by atoms with Crippen molar-refractivity contribution in [3.8, 4) is 0 Å². The normalized spacial score (nSPS) is 20.0. The monoisotopic (exact) mass is 297 g/mol. The van der Waals surface area contributed by atoms with Gasteiger partial charge in [0, 0.05) is 13.1 Å². The fourth-order valence-corrected chi connectivity index (χ4v) is 2.66. The molecule has 0 radical (unpaired) electrons. The summed E-state index contributed by atoms with van der Waals surface area (Å²) < 4.78 is 5.53. The molecular formula is C18H19NO3. The number of rotatable bonds is 4. The molecule has 1 heterocycles. The molecule has 114 valence electrons. The maximum atomic E-state index is 12.6. The Morgan fingerprint density at radius 3 is 2.41 bits per heavy atom. The first kappa shape index (κ1) is 14.8. The minimum atomic E-state index is -0.938. The molecule has 2 aromatic carbocycles. The van der Waals surface area contributed by atoms with E-state index in [0.29, 0.717) is 25.3 Å². The molecule has 0 saturated carbocycles. The third kappa shape index (κ3) is 3.18. The lowest BCUT2D eigenvalue weighted by molar-refractivity contribution is -0.164. The predicted molar refractivity (Wildman–Crippen MR) is 83.0 cm³/mol. The van der Waals surface area contributed by atoms with Crippen LogP contribution in [0.2, 0.25) is 0 Å². The minimum Gasteiger partial charge on any atom is -0.385 e. The summed E-state index contributed by atoms with van der Waals surface area (Å²) >= 11 is 0. The van der Waals surface area contributed by atoms with Crippen molar-refractivity contribution in [1.29, 1.82) is 0 Å². The van der Waals surface area contributed by atoms with Crippen LogP contribution in [0, 0.1) is 0 Å². The third-order valence-electron chi connectivity index (χ3n) is 3.86. The molecule has 2 aromatic rings. The van der Waals surface area contributed by atoms with E-state index < -0.39 is 12.2 Å². The van der Waals surface area contributed by atoms with Crippen LogP contribution in [0.15, 0.2) is 60.7 Å². The van der Waals surface area contributed by atoms with Crippen molar-refractivity contribution in [2.45, 2.75) is 18.8 Å². The number of hydrogen-bond donors (Lipinski definition) is 1. The Labute approximate surface area is 130 Å². The molecule has 0 aromatic heterocycles. The van der Waals surface area contributed by atoms with Crippen LogP contribution < -0.4 is 0 Å². The van der Waals surface area contributed by atoms with Gasteiger partial charge in [-0.1, -0.05) is 60.7 Å². The van der Waals surface area contributed by atoms with Gasteiger partial charge in [0.05, 0.1) is 6.61 Å². The van der Waals surface area contributed by atoms with Gasteiger partial charge in [-0.05, 0) is 11.1 Å². The number of amides is 1. The first-order chi connectivity index (χ1) is 10.8. The van der Waals surface area contributed by atoms with E-state index in [1.54, 1.807) is 17.0 Å². The zero-order valence-electron chi connectivity index (χ0n) is 12.3. The molecule has 4 heteroatoms. The molecule has 1 N–H and O–H groups in total. The number of ether oxygens (including phenoxy) is 1. The number of carbonyl (C=O) groups excluding carboxylic acids is 1. The fourth-order valence-electron chi connectivity index (χ4n) is 2.66. The van der Waals surface area contributed by atoms with E-state index in [1.807, 2.05) is 48.5 Å². The van der Waals surface area contributed by atoms with Crippen LogP contribution in [0.3, 0.4) is 0 Å². The van der Waals surface area contributed by atoms with Crippen LogP contribution in [0.1, 0.15) is 17.2 Å². The van der Waals surface area contributed by atoms with E-state index in [2.05, 4.69) is 0 Å². The lowest BCUT2D eigenvalue weighted by atomic mass is 10.0. The predicted octanol–water partition coefficient (Wildman–Crippen LogP) is 2.15. The van der Waals surface area contributed by atoms with Gasteiger partial charge < -0.3 is 14.7 Å². The van der Waals surface area contributed by atoms with Gasteiger partial charge in [0.25, 0.3) is 5.91 Å². The molecule has 1 aliphatic rings. The maximum absolute atomic E-state index is 12.6. The number of aliphatic hydroxyl groups excluding tert-OH is 1. The summed E-state index contributed by atoms with van der Waals surface area (Å²) in [4.78, 5) is 14.3. The quantitative estimate of drug-likeness (QED) is 0.940. The zero-order valence-corrected chi connectivity index (χ0v) is 12.3. The first-order valence-corrected chi connectivity index (χ1v) is 7.43. The summed E-state index contributed by atoms with van der Waals surface area (Å²) in [6, 6.07) is 19.0. The second-order valence-corrected chi connectivity index (χ2v) is 5.39. The van der Waals surface area contributed by atoms with Gasteiger partial charge in [-0.3, -0.25) is 4.79 Å². The Balaban J connectivity index is 1.72. The zero-order chi connectivity index (χ0) is 15.4. The van der Waals surface area contributed by atoms with Gasteiger partial charge in [-0.2, -0.15) is 0 Å². The summed E-state index contributed by atoms with van der Waals surface area (Å²) in [5.74, 6) is -0.161. The lowest BCUT2D eigenvalue weighted by Crippen LogP contribution is -2.49. The smallest absolute Gasteiger partial charge is 0.255 e. The van der Waals surface area contributed by atoms with E-state index in [-0.39, 0.29) is 5.91 Å². The average molecular weight is 297 g/mol. The van der Waals surface area contributed by atoms with Gasteiger partial charge >= 0.3 is 0 Å². The molecule has 2 atom stereocenters. The second kappa shape index (κ2) is 6.73. The Kier molecular flexibility index (Phi) is 4.51. The van der Waals surface area contributed by atoms with Crippen LogP contribution in [0.4, 0.5) is 0 Å². The molecule has 0 aliphatic carbocycles.